The SMILES string of the molecule is COc1ccc2oc(N3CCCC(CC(=O)NCc4cscn4)C3)nc2c1. The average Bonchev–Trinajstić information content (AvgIpc) is 3.35. The number of ether oxygens (including phenoxy) is 1. The van der Waals surface area contributed by atoms with Crippen molar-refractivity contribution in [1.82, 2.24) is 15.3 Å². The van der Waals surface area contributed by atoms with Crippen LogP contribution < -0.4 is 15.0 Å². The fraction of sp³-hybridized carbons (Fsp3) is 0.421. The molecule has 2 aromatic heterocycles. The van der Waals surface area contributed by atoms with Crippen LogP contribution in [0.2, 0.25) is 0 Å². The van der Waals surface area contributed by atoms with Gasteiger partial charge in [-0.3, -0.25) is 4.79 Å². The van der Waals surface area contributed by atoms with Crippen molar-refractivity contribution in [2.75, 3.05) is 25.1 Å². The third kappa shape index (κ3) is 4.21. The lowest BCUT2D eigenvalue weighted by Gasteiger charge is -2.31. The number of hydrogen-bond acceptors (Lipinski definition) is 7. The van der Waals surface area contributed by atoms with E-state index in [1.54, 1.807) is 12.6 Å². The summed E-state index contributed by atoms with van der Waals surface area (Å²) in [6, 6.07) is 6.22. The van der Waals surface area contributed by atoms with Crippen LogP contribution in [0.15, 0.2) is 33.5 Å². The Hall–Kier alpha value is -2.61. The van der Waals surface area contributed by atoms with Gasteiger partial charge in [0.2, 0.25) is 5.91 Å². The maximum Gasteiger partial charge on any atom is 0.298 e. The van der Waals surface area contributed by atoms with Crippen LogP contribution in [-0.2, 0) is 11.3 Å². The van der Waals surface area contributed by atoms with Crippen molar-refractivity contribution in [3.8, 4) is 5.75 Å². The Kier molecular flexibility index (Phi) is 5.24. The molecule has 1 aromatic carbocycles. The lowest BCUT2D eigenvalue weighted by Crippen LogP contribution is -2.38. The van der Waals surface area contributed by atoms with E-state index in [1.165, 1.54) is 11.3 Å². The Labute approximate surface area is 161 Å². The number of carbonyl (C=O) groups is 1. The van der Waals surface area contributed by atoms with Gasteiger partial charge in [0, 0.05) is 31.0 Å². The van der Waals surface area contributed by atoms with Crippen molar-refractivity contribution in [3.05, 3.63) is 34.8 Å². The molecule has 8 heteroatoms. The first-order valence-electron chi connectivity index (χ1n) is 9.04. The zero-order chi connectivity index (χ0) is 18.6. The first-order valence-corrected chi connectivity index (χ1v) is 9.99. The zero-order valence-corrected chi connectivity index (χ0v) is 16.0. The van der Waals surface area contributed by atoms with Crippen LogP contribution in [0.5, 0.6) is 5.75 Å². The minimum absolute atomic E-state index is 0.0668. The fourth-order valence-corrected chi connectivity index (χ4v) is 3.97. The van der Waals surface area contributed by atoms with Crippen LogP contribution in [0.4, 0.5) is 6.01 Å². The third-order valence-electron chi connectivity index (χ3n) is 4.80. The van der Waals surface area contributed by atoms with Crippen molar-refractivity contribution in [1.29, 1.82) is 0 Å². The van der Waals surface area contributed by atoms with E-state index < -0.39 is 0 Å². The Morgan fingerprint density at radius 1 is 1.48 bits per heavy atom. The van der Waals surface area contributed by atoms with Crippen LogP contribution >= 0.6 is 11.3 Å². The number of anilines is 1. The standard InChI is InChI=1S/C19H22N4O3S/c1-25-15-4-5-17-16(8-15)22-19(26-17)23-6-2-3-13(10-23)7-18(24)20-9-14-11-27-12-21-14/h4-5,8,11-13H,2-3,6-7,9-10H2,1H3,(H,20,24). The molecule has 0 spiro atoms. The number of rotatable bonds is 6. The molecule has 142 valence electrons. The van der Waals surface area contributed by atoms with Gasteiger partial charge < -0.3 is 19.4 Å². The molecular formula is C19H22N4O3S. The zero-order valence-electron chi connectivity index (χ0n) is 15.2. The van der Waals surface area contributed by atoms with Crippen LogP contribution in [0, 0.1) is 5.92 Å². The molecule has 1 saturated heterocycles. The van der Waals surface area contributed by atoms with E-state index in [4.69, 9.17) is 9.15 Å². The number of nitrogens with one attached hydrogen (secondary N) is 1. The van der Waals surface area contributed by atoms with Gasteiger partial charge in [0.1, 0.15) is 11.3 Å². The normalized spacial score (nSPS) is 17.2. The molecule has 3 heterocycles. The van der Waals surface area contributed by atoms with Crippen LogP contribution in [0.3, 0.4) is 0 Å². The van der Waals surface area contributed by atoms with E-state index in [1.807, 2.05) is 23.6 Å². The molecule has 7 nitrogen and oxygen atoms in total. The first kappa shape index (κ1) is 17.8. The molecule has 1 aliphatic rings. The molecule has 0 aliphatic carbocycles. The molecule has 1 atom stereocenters. The summed E-state index contributed by atoms with van der Waals surface area (Å²) in [6.45, 7) is 2.15. The maximum atomic E-state index is 12.3. The van der Waals surface area contributed by atoms with Gasteiger partial charge in [-0.15, -0.1) is 11.3 Å². The largest absolute Gasteiger partial charge is 0.497 e. The summed E-state index contributed by atoms with van der Waals surface area (Å²) < 4.78 is 11.2. The molecule has 0 saturated carbocycles. The highest BCUT2D eigenvalue weighted by molar-refractivity contribution is 7.07. The minimum atomic E-state index is 0.0668. The average molecular weight is 386 g/mol. The van der Waals surface area contributed by atoms with Gasteiger partial charge in [0.25, 0.3) is 6.01 Å². The van der Waals surface area contributed by atoms with Gasteiger partial charge in [0.05, 0.1) is 24.9 Å². The second kappa shape index (κ2) is 7.96. The first-order chi connectivity index (χ1) is 13.2. The highest BCUT2D eigenvalue weighted by Gasteiger charge is 2.25. The van der Waals surface area contributed by atoms with Crippen molar-refractivity contribution in [2.24, 2.45) is 5.92 Å². The van der Waals surface area contributed by atoms with Crippen LogP contribution in [-0.4, -0.2) is 36.1 Å². The molecule has 1 unspecified atom stereocenters. The van der Waals surface area contributed by atoms with Gasteiger partial charge >= 0.3 is 0 Å². The monoisotopic (exact) mass is 386 g/mol. The molecule has 1 fully saturated rings. The molecule has 4 rings (SSSR count). The molecular weight excluding hydrogens is 364 g/mol. The van der Waals surface area contributed by atoms with E-state index >= 15 is 0 Å². The second-order valence-corrected chi connectivity index (χ2v) is 7.46. The summed E-state index contributed by atoms with van der Waals surface area (Å²) >= 11 is 1.53. The predicted octanol–water partition coefficient (Wildman–Crippen LogP) is 3.22. The molecule has 1 N–H and O–H groups in total. The number of methoxy groups -OCH3 is 1. The highest BCUT2D eigenvalue weighted by Crippen LogP contribution is 2.29. The maximum absolute atomic E-state index is 12.3. The number of piperidine rings is 1. The molecule has 3 aromatic rings. The van der Waals surface area contributed by atoms with E-state index in [0.29, 0.717) is 24.9 Å². The summed E-state index contributed by atoms with van der Waals surface area (Å²) in [6.07, 6.45) is 2.56. The Morgan fingerprint density at radius 3 is 3.22 bits per heavy atom. The van der Waals surface area contributed by atoms with Gasteiger partial charge in [-0.25, -0.2) is 4.98 Å². The number of nitrogens with zero attached hydrogens (tertiary/aromatic N) is 3. The Balaban J connectivity index is 1.36. The van der Waals surface area contributed by atoms with Crippen molar-refractivity contribution in [3.63, 3.8) is 0 Å². The molecule has 0 bridgehead atoms. The fourth-order valence-electron chi connectivity index (χ4n) is 3.41. The molecule has 27 heavy (non-hydrogen) atoms. The van der Waals surface area contributed by atoms with Gasteiger partial charge in [-0.05, 0) is 30.9 Å². The summed E-state index contributed by atoms with van der Waals surface area (Å²) in [5.74, 6) is 1.12. The summed E-state index contributed by atoms with van der Waals surface area (Å²) in [5.41, 5.74) is 4.21. The summed E-state index contributed by atoms with van der Waals surface area (Å²) in [4.78, 5) is 23.2. The number of aromatic nitrogens is 2. The topological polar surface area (TPSA) is 80.5 Å². The number of benzene rings is 1. The Morgan fingerprint density at radius 2 is 2.41 bits per heavy atom. The van der Waals surface area contributed by atoms with Crippen molar-refractivity contribution < 1.29 is 13.9 Å². The third-order valence-corrected chi connectivity index (χ3v) is 5.43. The summed E-state index contributed by atoms with van der Waals surface area (Å²) in [7, 11) is 1.64. The highest BCUT2D eigenvalue weighted by atomic mass is 32.1. The van der Waals surface area contributed by atoms with Crippen LogP contribution in [0.1, 0.15) is 25.0 Å². The van der Waals surface area contributed by atoms with E-state index in [9.17, 15) is 4.79 Å². The molecule has 0 radical (unpaired) electrons. The van der Waals surface area contributed by atoms with Crippen LogP contribution in [0.25, 0.3) is 11.1 Å². The number of thiazole rings is 1. The number of oxazole rings is 1. The van der Waals surface area contributed by atoms with Crippen molar-refractivity contribution >= 4 is 34.4 Å². The quantitative estimate of drug-likeness (QED) is 0.701. The second-order valence-electron chi connectivity index (χ2n) is 6.74. The number of amides is 1. The Bertz CT molecular complexity index is 909. The summed E-state index contributed by atoms with van der Waals surface area (Å²) in [5, 5.41) is 4.90. The lowest BCUT2D eigenvalue weighted by molar-refractivity contribution is -0.122. The van der Waals surface area contributed by atoms with Gasteiger partial charge in [-0.1, -0.05) is 0 Å². The number of carbonyl (C=O) groups excluding carboxylic acids is 1. The smallest absolute Gasteiger partial charge is 0.298 e. The lowest BCUT2D eigenvalue weighted by atomic mass is 9.94. The van der Waals surface area contributed by atoms with Crippen molar-refractivity contribution in [2.45, 2.75) is 25.8 Å². The minimum Gasteiger partial charge on any atom is -0.497 e. The number of hydrogen-bond donors (Lipinski definition) is 1. The predicted molar refractivity (Wildman–Crippen MR) is 104 cm³/mol. The van der Waals surface area contributed by atoms with Gasteiger partial charge in [0.15, 0.2) is 5.58 Å². The van der Waals surface area contributed by atoms with Gasteiger partial charge in [-0.2, -0.15) is 4.98 Å². The number of fused-ring (bicyclic) bond motifs is 1. The van der Waals surface area contributed by atoms with E-state index in [0.717, 1.165) is 48.5 Å². The van der Waals surface area contributed by atoms with E-state index in [-0.39, 0.29) is 5.91 Å². The van der Waals surface area contributed by atoms with E-state index in [2.05, 4.69) is 20.2 Å². The molecule has 1 amide bonds. The molecule has 1 aliphatic heterocycles.